The summed E-state index contributed by atoms with van der Waals surface area (Å²) in [6, 6.07) is 8.49. The zero-order valence-electron chi connectivity index (χ0n) is 13.2. The number of para-hydroxylation sites is 1. The third-order valence-corrected chi connectivity index (χ3v) is 4.75. The van der Waals surface area contributed by atoms with Gasteiger partial charge in [-0.1, -0.05) is 12.1 Å². The van der Waals surface area contributed by atoms with Gasteiger partial charge in [0.1, 0.15) is 5.82 Å². The summed E-state index contributed by atoms with van der Waals surface area (Å²) in [6.45, 7) is -0.334. The van der Waals surface area contributed by atoms with E-state index in [4.69, 9.17) is 0 Å². The summed E-state index contributed by atoms with van der Waals surface area (Å²) in [4.78, 5) is 11.6. The molecule has 10 heteroatoms. The zero-order chi connectivity index (χ0) is 19.4. The van der Waals surface area contributed by atoms with Crippen LogP contribution in [0.2, 0.25) is 0 Å². The maximum atomic E-state index is 12.9. The predicted molar refractivity (Wildman–Crippen MR) is 86.3 cm³/mol. The van der Waals surface area contributed by atoms with Crippen LogP contribution in [-0.2, 0) is 21.0 Å². The largest absolute Gasteiger partial charge is 0.418 e. The molecular formula is C16H14F4N2O3S. The van der Waals surface area contributed by atoms with Crippen LogP contribution in [0.25, 0.3) is 0 Å². The predicted octanol–water partition coefficient (Wildman–Crippen LogP) is 3.15. The number of anilines is 1. The van der Waals surface area contributed by atoms with E-state index in [1.165, 1.54) is 12.1 Å². The number of benzene rings is 2. The molecule has 2 rings (SSSR count). The molecule has 2 aromatic rings. The maximum absolute atomic E-state index is 12.9. The number of hydrogen-bond acceptors (Lipinski definition) is 3. The van der Waals surface area contributed by atoms with Crippen LogP contribution in [0.4, 0.5) is 23.2 Å². The fraction of sp³-hybridized carbons (Fsp3) is 0.188. The minimum absolute atomic E-state index is 0.193. The minimum Gasteiger partial charge on any atom is -0.325 e. The van der Waals surface area contributed by atoms with E-state index in [2.05, 4.69) is 10.0 Å². The van der Waals surface area contributed by atoms with Crippen LogP contribution < -0.4 is 10.0 Å². The van der Waals surface area contributed by atoms with Crippen LogP contribution in [0, 0.1) is 5.82 Å². The quantitative estimate of drug-likeness (QED) is 0.744. The highest BCUT2D eigenvalue weighted by Crippen LogP contribution is 2.34. The number of hydrogen-bond donors (Lipinski definition) is 2. The van der Waals surface area contributed by atoms with Gasteiger partial charge in [0, 0.05) is 13.0 Å². The highest BCUT2D eigenvalue weighted by Gasteiger charge is 2.33. The van der Waals surface area contributed by atoms with Gasteiger partial charge in [-0.05, 0) is 36.4 Å². The molecule has 5 nitrogen and oxygen atoms in total. The number of amides is 1. The molecule has 0 heterocycles. The fourth-order valence-corrected chi connectivity index (χ4v) is 3.08. The normalized spacial score (nSPS) is 12.0. The van der Waals surface area contributed by atoms with E-state index in [-0.39, 0.29) is 17.9 Å². The van der Waals surface area contributed by atoms with Gasteiger partial charge in [0.05, 0.1) is 16.1 Å². The molecule has 0 fully saturated rings. The summed E-state index contributed by atoms with van der Waals surface area (Å²) in [5.41, 5.74) is -1.41. The Morgan fingerprint density at radius 1 is 1.00 bits per heavy atom. The van der Waals surface area contributed by atoms with Crippen molar-refractivity contribution in [2.45, 2.75) is 17.5 Å². The summed E-state index contributed by atoms with van der Waals surface area (Å²) >= 11 is 0. The van der Waals surface area contributed by atoms with Gasteiger partial charge in [-0.2, -0.15) is 13.2 Å². The van der Waals surface area contributed by atoms with Gasteiger partial charge in [-0.3, -0.25) is 4.79 Å². The smallest absolute Gasteiger partial charge is 0.325 e. The lowest BCUT2D eigenvalue weighted by Gasteiger charge is -2.13. The van der Waals surface area contributed by atoms with E-state index in [1.54, 1.807) is 0 Å². The first-order valence-corrected chi connectivity index (χ1v) is 8.79. The van der Waals surface area contributed by atoms with Crippen LogP contribution >= 0.6 is 0 Å². The first-order valence-electron chi connectivity index (χ1n) is 7.31. The minimum atomic E-state index is -4.63. The van der Waals surface area contributed by atoms with Crippen molar-refractivity contribution in [3.8, 4) is 0 Å². The molecular weight excluding hydrogens is 376 g/mol. The molecule has 0 aliphatic heterocycles. The van der Waals surface area contributed by atoms with Crippen LogP contribution in [-0.4, -0.2) is 20.9 Å². The summed E-state index contributed by atoms with van der Waals surface area (Å²) in [5.74, 6) is -1.39. The van der Waals surface area contributed by atoms with E-state index in [1.807, 2.05) is 0 Å². The molecule has 2 aromatic carbocycles. The Bertz CT molecular complexity index is 881. The lowest BCUT2D eigenvalue weighted by atomic mass is 10.1. The number of carbonyl (C=O) groups is 1. The first kappa shape index (κ1) is 19.9. The third-order valence-electron chi connectivity index (χ3n) is 3.27. The zero-order valence-corrected chi connectivity index (χ0v) is 14.0. The molecule has 0 aliphatic rings. The fourth-order valence-electron chi connectivity index (χ4n) is 2.05. The second kappa shape index (κ2) is 7.83. The Morgan fingerprint density at radius 2 is 1.62 bits per heavy atom. The van der Waals surface area contributed by atoms with Crippen molar-refractivity contribution in [3.63, 3.8) is 0 Å². The third kappa shape index (κ3) is 5.27. The number of alkyl halides is 3. The van der Waals surface area contributed by atoms with Gasteiger partial charge in [0.15, 0.2) is 0 Å². The Kier molecular flexibility index (Phi) is 5.98. The average molecular weight is 390 g/mol. The molecule has 0 bridgehead atoms. The molecule has 0 saturated heterocycles. The van der Waals surface area contributed by atoms with Gasteiger partial charge in [0.25, 0.3) is 0 Å². The molecule has 0 atom stereocenters. The molecule has 26 heavy (non-hydrogen) atoms. The standard InChI is InChI=1S/C16H14F4N2O3S/c17-11-5-7-12(8-6-11)26(24,25)21-10-9-15(23)22-14-4-2-1-3-13(14)16(18,19)20/h1-8,21H,9-10H2,(H,22,23). The van der Waals surface area contributed by atoms with E-state index < -0.39 is 39.2 Å². The lowest BCUT2D eigenvalue weighted by Crippen LogP contribution is -2.28. The first-order chi connectivity index (χ1) is 12.1. The van der Waals surface area contributed by atoms with Gasteiger partial charge in [0.2, 0.25) is 15.9 Å². The molecule has 0 unspecified atom stereocenters. The molecule has 140 valence electrons. The summed E-state index contributed by atoms with van der Waals surface area (Å²) in [7, 11) is -3.95. The topological polar surface area (TPSA) is 75.3 Å². The Balaban J connectivity index is 1.95. The molecule has 0 aromatic heterocycles. The van der Waals surface area contributed by atoms with Crippen LogP contribution in [0.3, 0.4) is 0 Å². The van der Waals surface area contributed by atoms with Gasteiger partial charge in [-0.15, -0.1) is 0 Å². The van der Waals surface area contributed by atoms with Crippen molar-refractivity contribution in [2.24, 2.45) is 0 Å². The van der Waals surface area contributed by atoms with E-state index in [0.29, 0.717) is 0 Å². The number of rotatable bonds is 6. The van der Waals surface area contributed by atoms with Gasteiger partial charge < -0.3 is 5.32 Å². The molecule has 0 aliphatic carbocycles. The number of halogens is 4. The summed E-state index contributed by atoms with van der Waals surface area (Å²) < 4.78 is 77.4. The van der Waals surface area contributed by atoms with Gasteiger partial charge in [-0.25, -0.2) is 17.5 Å². The Labute approximate surface area is 147 Å². The number of carbonyl (C=O) groups excluding carboxylic acids is 1. The monoisotopic (exact) mass is 390 g/mol. The highest BCUT2D eigenvalue weighted by atomic mass is 32.2. The summed E-state index contributed by atoms with van der Waals surface area (Å²) in [5, 5.41) is 2.11. The second-order valence-corrected chi connectivity index (χ2v) is 6.96. The Morgan fingerprint density at radius 3 is 2.23 bits per heavy atom. The number of sulfonamides is 1. The molecule has 0 radical (unpaired) electrons. The summed E-state index contributed by atoms with van der Waals surface area (Å²) in [6.07, 6.45) is -5.01. The molecule has 1 amide bonds. The Hall–Kier alpha value is -2.46. The van der Waals surface area contributed by atoms with E-state index >= 15 is 0 Å². The van der Waals surface area contributed by atoms with Gasteiger partial charge >= 0.3 is 6.18 Å². The van der Waals surface area contributed by atoms with E-state index in [0.717, 1.165) is 36.4 Å². The van der Waals surface area contributed by atoms with Crippen LogP contribution in [0.1, 0.15) is 12.0 Å². The second-order valence-electron chi connectivity index (χ2n) is 5.19. The molecule has 0 spiro atoms. The van der Waals surface area contributed by atoms with Crippen molar-refractivity contribution in [2.75, 3.05) is 11.9 Å². The maximum Gasteiger partial charge on any atom is 0.418 e. The van der Waals surface area contributed by atoms with Crippen molar-refractivity contribution in [3.05, 3.63) is 59.9 Å². The molecule has 2 N–H and O–H groups in total. The van der Waals surface area contributed by atoms with Crippen molar-refractivity contribution in [1.82, 2.24) is 4.72 Å². The van der Waals surface area contributed by atoms with Crippen molar-refractivity contribution >= 4 is 21.6 Å². The lowest BCUT2D eigenvalue weighted by molar-refractivity contribution is -0.137. The van der Waals surface area contributed by atoms with E-state index in [9.17, 15) is 30.8 Å². The van der Waals surface area contributed by atoms with Crippen molar-refractivity contribution in [1.29, 1.82) is 0 Å². The van der Waals surface area contributed by atoms with Crippen LogP contribution in [0.15, 0.2) is 53.4 Å². The number of nitrogens with one attached hydrogen (secondary N) is 2. The average Bonchev–Trinajstić information content (AvgIpc) is 2.54. The molecule has 0 saturated carbocycles. The van der Waals surface area contributed by atoms with Crippen LogP contribution in [0.5, 0.6) is 0 Å². The highest BCUT2D eigenvalue weighted by molar-refractivity contribution is 7.89. The SMILES string of the molecule is O=C(CCNS(=O)(=O)c1ccc(F)cc1)Nc1ccccc1C(F)(F)F. The van der Waals surface area contributed by atoms with Crippen molar-refractivity contribution < 1.29 is 30.8 Å².